The Labute approximate surface area is 128 Å². The first-order valence-corrected chi connectivity index (χ1v) is 6.86. The van der Waals surface area contributed by atoms with Crippen LogP contribution in [0.2, 0.25) is 0 Å². The molecule has 1 aromatic heterocycles. The quantitative estimate of drug-likeness (QED) is 0.828. The number of ether oxygens (including phenoxy) is 1. The highest BCUT2D eigenvalue weighted by atomic mass is 79.9. The Hall–Kier alpha value is -2.15. The average molecular weight is 355 g/mol. The molecule has 0 saturated heterocycles. The number of halogens is 2. The number of aromatic amines is 1. The highest BCUT2D eigenvalue weighted by Crippen LogP contribution is 2.13. The number of benzene rings is 1. The van der Waals surface area contributed by atoms with Crippen LogP contribution in [0.3, 0.4) is 0 Å². The maximum Gasteiger partial charge on any atom is 0.355 e. The monoisotopic (exact) mass is 354 g/mol. The van der Waals surface area contributed by atoms with Gasteiger partial charge in [-0.15, -0.1) is 0 Å². The normalized spacial score (nSPS) is 11.8. The van der Waals surface area contributed by atoms with E-state index in [2.05, 4.69) is 26.2 Å². The summed E-state index contributed by atoms with van der Waals surface area (Å²) in [6.45, 7) is 1.45. The molecule has 0 aliphatic carbocycles. The van der Waals surface area contributed by atoms with Crippen molar-refractivity contribution in [2.75, 3.05) is 5.32 Å². The number of anilines is 1. The number of esters is 1. The van der Waals surface area contributed by atoms with Crippen molar-refractivity contribution in [1.82, 2.24) is 4.98 Å². The summed E-state index contributed by atoms with van der Waals surface area (Å²) in [5.74, 6) is -1.53. The molecular formula is C14H12BrFN2O3. The van der Waals surface area contributed by atoms with E-state index in [0.29, 0.717) is 10.2 Å². The van der Waals surface area contributed by atoms with Crippen LogP contribution >= 0.6 is 15.9 Å². The lowest BCUT2D eigenvalue weighted by Crippen LogP contribution is -2.30. The molecular weight excluding hydrogens is 343 g/mol. The van der Waals surface area contributed by atoms with Gasteiger partial charge in [0.15, 0.2) is 6.10 Å². The third kappa shape index (κ3) is 4.16. The van der Waals surface area contributed by atoms with Crippen LogP contribution in [0.5, 0.6) is 0 Å². The van der Waals surface area contributed by atoms with Crippen molar-refractivity contribution in [1.29, 1.82) is 0 Å². The van der Waals surface area contributed by atoms with Crippen molar-refractivity contribution in [3.63, 3.8) is 0 Å². The van der Waals surface area contributed by atoms with Crippen molar-refractivity contribution in [2.45, 2.75) is 13.0 Å². The summed E-state index contributed by atoms with van der Waals surface area (Å²) >= 11 is 3.20. The molecule has 110 valence electrons. The van der Waals surface area contributed by atoms with Gasteiger partial charge in [0, 0.05) is 16.4 Å². The van der Waals surface area contributed by atoms with Crippen LogP contribution in [-0.2, 0) is 9.53 Å². The van der Waals surface area contributed by atoms with Gasteiger partial charge < -0.3 is 15.0 Å². The molecule has 0 fully saturated rings. The lowest BCUT2D eigenvalue weighted by atomic mass is 10.3. The van der Waals surface area contributed by atoms with Crippen molar-refractivity contribution < 1.29 is 18.7 Å². The van der Waals surface area contributed by atoms with E-state index in [9.17, 15) is 14.0 Å². The van der Waals surface area contributed by atoms with E-state index in [-0.39, 0.29) is 5.69 Å². The molecule has 0 aliphatic rings. The fourth-order valence-electron chi connectivity index (χ4n) is 1.54. The van der Waals surface area contributed by atoms with Crippen molar-refractivity contribution >= 4 is 33.5 Å². The smallest absolute Gasteiger partial charge is 0.355 e. The zero-order chi connectivity index (χ0) is 15.4. The number of amides is 1. The van der Waals surface area contributed by atoms with Crippen LogP contribution in [0, 0.1) is 5.82 Å². The largest absolute Gasteiger partial charge is 0.448 e. The third-order valence-electron chi connectivity index (χ3n) is 2.63. The second kappa shape index (κ2) is 6.53. The molecule has 0 unspecified atom stereocenters. The fourth-order valence-corrected chi connectivity index (χ4v) is 1.88. The molecule has 1 atom stereocenters. The van der Waals surface area contributed by atoms with E-state index in [1.807, 2.05) is 0 Å². The number of hydrogen-bond donors (Lipinski definition) is 2. The van der Waals surface area contributed by atoms with Crippen LogP contribution in [0.25, 0.3) is 0 Å². The van der Waals surface area contributed by atoms with Crippen LogP contribution in [0.15, 0.2) is 41.0 Å². The summed E-state index contributed by atoms with van der Waals surface area (Å²) in [4.78, 5) is 26.3. The summed E-state index contributed by atoms with van der Waals surface area (Å²) < 4.78 is 18.5. The van der Waals surface area contributed by atoms with Crippen molar-refractivity contribution in [2.24, 2.45) is 0 Å². The minimum Gasteiger partial charge on any atom is -0.448 e. The molecule has 2 rings (SSSR count). The Morgan fingerprint density at radius 3 is 2.57 bits per heavy atom. The highest BCUT2D eigenvalue weighted by molar-refractivity contribution is 9.10. The van der Waals surface area contributed by atoms with Gasteiger partial charge in [0.05, 0.1) is 0 Å². The van der Waals surface area contributed by atoms with Crippen LogP contribution in [0.1, 0.15) is 17.4 Å². The van der Waals surface area contributed by atoms with Gasteiger partial charge in [0.1, 0.15) is 11.5 Å². The minimum absolute atomic E-state index is 0.239. The Morgan fingerprint density at radius 2 is 2.00 bits per heavy atom. The van der Waals surface area contributed by atoms with Crippen molar-refractivity contribution in [3.8, 4) is 0 Å². The molecule has 0 radical (unpaired) electrons. The lowest BCUT2D eigenvalue weighted by molar-refractivity contribution is -0.123. The standard InChI is InChI=1S/C14H12BrFN2O3/c1-8(21-14(20)12-6-9(15)7-17-12)13(19)18-11-4-2-10(16)3-5-11/h2-8,17H,1H3,(H,18,19)/t8-/m0/s1. The van der Waals surface area contributed by atoms with Crippen molar-refractivity contribution in [3.05, 3.63) is 52.5 Å². The molecule has 7 heteroatoms. The number of carbonyl (C=O) groups is 2. The second-order valence-electron chi connectivity index (χ2n) is 4.28. The minimum atomic E-state index is -0.982. The Balaban J connectivity index is 1.93. The van der Waals surface area contributed by atoms with Crippen LogP contribution in [-0.4, -0.2) is 23.0 Å². The molecule has 0 spiro atoms. The summed E-state index contributed by atoms with van der Waals surface area (Å²) in [6, 6.07) is 6.84. The van der Waals surface area contributed by atoms with E-state index in [1.54, 1.807) is 12.3 Å². The molecule has 1 amide bonds. The topological polar surface area (TPSA) is 71.2 Å². The zero-order valence-corrected chi connectivity index (χ0v) is 12.6. The Morgan fingerprint density at radius 1 is 1.33 bits per heavy atom. The third-order valence-corrected chi connectivity index (χ3v) is 3.09. The number of carbonyl (C=O) groups excluding carboxylic acids is 2. The molecule has 5 nitrogen and oxygen atoms in total. The highest BCUT2D eigenvalue weighted by Gasteiger charge is 2.19. The number of aromatic nitrogens is 1. The van der Waals surface area contributed by atoms with Crippen LogP contribution in [0.4, 0.5) is 10.1 Å². The van der Waals surface area contributed by atoms with Gasteiger partial charge >= 0.3 is 5.97 Å². The number of rotatable bonds is 4. The van der Waals surface area contributed by atoms with Gasteiger partial charge in [-0.25, -0.2) is 9.18 Å². The number of hydrogen-bond acceptors (Lipinski definition) is 3. The maximum absolute atomic E-state index is 12.8. The Bertz CT molecular complexity index is 654. The molecule has 2 aromatic rings. The SMILES string of the molecule is C[C@H](OC(=O)c1cc(Br)c[nH]1)C(=O)Nc1ccc(F)cc1. The molecule has 0 saturated carbocycles. The summed E-state index contributed by atoms with van der Waals surface area (Å²) in [5, 5.41) is 2.53. The van der Waals surface area contributed by atoms with Gasteiger partial charge in [0.2, 0.25) is 0 Å². The Kier molecular flexibility index (Phi) is 4.74. The molecule has 1 aromatic carbocycles. The van der Waals surface area contributed by atoms with Gasteiger partial charge in [0.25, 0.3) is 5.91 Å². The van der Waals surface area contributed by atoms with Crippen LogP contribution < -0.4 is 5.32 Å². The first kappa shape index (κ1) is 15.2. The summed E-state index contributed by atoms with van der Waals surface area (Å²) in [5.41, 5.74) is 0.662. The van der Waals surface area contributed by atoms with Gasteiger partial charge in [-0.1, -0.05) is 0 Å². The van der Waals surface area contributed by atoms with E-state index in [0.717, 1.165) is 0 Å². The van der Waals surface area contributed by atoms with E-state index in [1.165, 1.54) is 31.2 Å². The predicted molar refractivity (Wildman–Crippen MR) is 78.4 cm³/mol. The number of nitrogens with one attached hydrogen (secondary N) is 2. The molecule has 0 aliphatic heterocycles. The number of H-pyrrole nitrogens is 1. The lowest BCUT2D eigenvalue weighted by Gasteiger charge is -2.13. The summed E-state index contributed by atoms with van der Waals surface area (Å²) in [7, 11) is 0. The van der Waals surface area contributed by atoms with Gasteiger partial charge in [-0.3, -0.25) is 4.79 Å². The van der Waals surface area contributed by atoms with E-state index < -0.39 is 23.8 Å². The average Bonchev–Trinajstić information content (AvgIpc) is 2.88. The first-order valence-electron chi connectivity index (χ1n) is 6.07. The van der Waals surface area contributed by atoms with Gasteiger partial charge in [-0.2, -0.15) is 0 Å². The van der Waals surface area contributed by atoms with Gasteiger partial charge in [-0.05, 0) is 53.2 Å². The van der Waals surface area contributed by atoms with E-state index in [4.69, 9.17) is 4.74 Å². The van der Waals surface area contributed by atoms with E-state index >= 15 is 0 Å². The molecule has 2 N–H and O–H groups in total. The maximum atomic E-state index is 12.8. The molecule has 21 heavy (non-hydrogen) atoms. The molecule has 0 bridgehead atoms. The molecule has 1 heterocycles. The first-order chi connectivity index (χ1) is 9.95. The predicted octanol–water partition coefficient (Wildman–Crippen LogP) is 3.10. The summed E-state index contributed by atoms with van der Waals surface area (Å²) in [6.07, 6.45) is 0.601. The fraction of sp³-hybridized carbons (Fsp3) is 0.143. The second-order valence-corrected chi connectivity index (χ2v) is 5.19. The zero-order valence-electron chi connectivity index (χ0n) is 11.0.